The van der Waals surface area contributed by atoms with E-state index < -0.39 is 0 Å². The Morgan fingerprint density at radius 3 is 2.43 bits per heavy atom. The van der Waals surface area contributed by atoms with Crippen LogP contribution in [-0.4, -0.2) is 23.7 Å². The number of carbonyl (C=O) groups is 1. The van der Waals surface area contributed by atoms with E-state index in [1.54, 1.807) is 0 Å². The van der Waals surface area contributed by atoms with E-state index in [4.69, 9.17) is 4.74 Å². The van der Waals surface area contributed by atoms with Gasteiger partial charge in [0.2, 0.25) is 0 Å². The summed E-state index contributed by atoms with van der Waals surface area (Å²) in [5.74, 6) is 3.49. The zero-order chi connectivity index (χ0) is 20.6. The molecule has 8 atom stereocenters. The minimum absolute atomic E-state index is 0.0144. The van der Waals surface area contributed by atoms with Crippen LogP contribution in [0.3, 0.4) is 0 Å². The highest BCUT2D eigenvalue weighted by atomic mass is 16.5. The van der Waals surface area contributed by atoms with Gasteiger partial charge in [0.1, 0.15) is 6.23 Å². The van der Waals surface area contributed by atoms with Crippen LogP contribution < -0.4 is 5.32 Å². The monoisotopic (exact) mass is 405 g/mol. The van der Waals surface area contributed by atoms with Gasteiger partial charge in [0.15, 0.2) is 5.78 Å². The van der Waals surface area contributed by atoms with Gasteiger partial charge in [-0.2, -0.15) is 0 Å². The molecule has 3 heteroatoms. The lowest BCUT2D eigenvalue weighted by Crippen LogP contribution is -2.63. The summed E-state index contributed by atoms with van der Waals surface area (Å²) >= 11 is 0. The topological polar surface area (TPSA) is 38.3 Å². The third-order valence-electron chi connectivity index (χ3n) is 9.25. The highest BCUT2D eigenvalue weighted by Crippen LogP contribution is 2.62. The van der Waals surface area contributed by atoms with Gasteiger partial charge in [-0.3, -0.25) is 10.1 Å². The van der Waals surface area contributed by atoms with Crippen LogP contribution in [0.4, 0.5) is 0 Å². The molecule has 2 bridgehead atoms. The smallest absolute Gasteiger partial charge is 0.167 e. The number of ether oxygens (including phenoxy) is 1. The van der Waals surface area contributed by atoms with Crippen molar-refractivity contribution in [2.24, 2.45) is 35.5 Å². The number of ketones is 1. The lowest BCUT2D eigenvalue weighted by molar-refractivity contribution is -0.145. The van der Waals surface area contributed by atoms with Crippen molar-refractivity contribution >= 4 is 11.4 Å². The Labute approximate surface area is 180 Å². The van der Waals surface area contributed by atoms with Crippen LogP contribution in [0.25, 0.3) is 5.57 Å². The fourth-order valence-corrected chi connectivity index (χ4v) is 7.91. The van der Waals surface area contributed by atoms with Gasteiger partial charge < -0.3 is 4.74 Å². The molecule has 3 saturated carbocycles. The van der Waals surface area contributed by atoms with Crippen LogP contribution in [-0.2, 0) is 9.53 Å². The minimum atomic E-state index is -0.265. The molecular formula is C27H35NO2. The Balaban J connectivity index is 1.44. The molecule has 6 rings (SSSR count). The minimum Gasteiger partial charge on any atom is -0.355 e. The molecule has 1 aromatic carbocycles. The molecule has 5 aliphatic rings. The maximum Gasteiger partial charge on any atom is 0.167 e. The average Bonchev–Trinajstić information content (AvgIpc) is 3.40. The van der Waals surface area contributed by atoms with Crippen molar-refractivity contribution in [3.8, 4) is 0 Å². The molecular weight excluding hydrogens is 370 g/mol. The molecule has 0 amide bonds. The highest BCUT2D eigenvalue weighted by molar-refractivity contribution is 6.11. The molecule has 4 aliphatic carbocycles. The Bertz CT molecular complexity index is 887. The van der Waals surface area contributed by atoms with E-state index >= 15 is 0 Å². The van der Waals surface area contributed by atoms with Gasteiger partial charge in [-0.05, 0) is 80.8 Å². The molecule has 1 N–H and O–H groups in total. The van der Waals surface area contributed by atoms with Crippen molar-refractivity contribution in [1.29, 1.82) is 0 Å². The number of nitrogens with one attached hydrogen (secondary N) is 1. The second kappa shape index (κ2) is 6.77. The number of hydrogen-bond donors (Lipinski definition) is 1. The normalized spacial score (nSPS) is 44.3. The van der Waals surface area contributed by atoms with Crippen LogP contribution in [0, 0.1) is 35.5 Å². The van der Waals surface area contributed by atoms with Crippen molar-refractivity contribution in [2.75, 3.05) is 0 Å². The molecule has 1 aliphatic heterocycles. The van der Waals surface area contributed by atoms with E-state index in [0.717, 1.165) is 12.0 Å². The van der Waals surface area contributed by atoms with E-state index in [-0.39, 0.29) is 23.8 Å². The first-order chi connectivity index (χ1) is 14.4. The van der Waals surface area contributed by atoms with Crippen LogP contribution in [0.15, 0.2) is 35.9 Å². The van der Waals surface area contributed by atoms with Crippen LogP contribution in [0.2, 0.25) is 0 Å². The van der Waals surface area contributed by atoms with E-state index in [9.17, 15) is 4.79 Å². The first-order valence-electron chi connectivity index (χ1n) is 12.2. The Morgan fingerprint density at radius 2 is 1.67 bits per heavy atom. The number of allylic oxidation sites excluding steroid dienone is 1. The summed E-state index contributed by atoms with van der Waals surface area (Å²) in [6, 6.07) is 10.7. The van der Waals surface area contributed by atoms with Crippen LogP contribution in [0.5, 0.6) is 0 Å². The van der Waals surface area contributed by atoms with Gasteiger partial charge in [0.05, 0.1) is 6.10 Å². The molecule has 0 aromatic heterocycles. The molecule has 0 spiro atoms. The fourth-order valence-electron chi connectivity index (χ4n) is 7.91. The van der Waals surface area contributed by atoms with E-state index in [1.807, 2.05) is 0 Å². The van der Waals surface area contributed by atoms with Gasteiger partial charge in [-0.25, -0.2) is 0 Å². The summed E-state index contributed by atoms with van der Waals surface area (Å²) in [6.45, 7) is 6.99. The summed E-state index contributed by atoms with van der Waals surface area (Å²) in [4.78, 5) is 13.9. The van der Waals surface area contributed by atoms with E-state index in [1.165, 1.54) is 43.2 Å². The standard InChI is InChI=1S/C27H35NO2/c1-15-9-12-19-20(13-15)30-26(28-27(19,2)3)24-21(16-7-5-4-6-8-16)22-17-10-11-18(14-17)23(22)25(24)29/h4-8,15,17-20,22-23,26,28H,9-14H2,1-3H3/t15-,17-,18+,19-,20-,22-,23-,26+/m1/s1. The Kier molecular flexibility index (Phi) is 4.35. The second-order valence-electron chi connectivity index (χ2n) is 11.4. The van der Waals surface area contributed by atoms with Crippen LogP contribution in [0.1, 0.15) is 64.9 Å². The maximum absolute atomic E-state index is 13.9. The van der Waals surface area contributed by atoms with Crippen molar-refractivity contribution < 1.29 is 9.53 Å². The first-order valence-corrected chi connectivity index (χ1v) is 12.2. The molecule has 0 unspecified atom stereocenters. The predicted molar refractivity (Wildman–Crippen MR) is 119 cm³/mol. The molecule has 1 saturated heterocycles. The summed E-state index contributed by atoms with van der Waals surface area (Å²) in [5, 5.41) is 3.82. The molecule has 30 heavy (non-hydrogen) atoms. The third kappa shape index (κ3) is 2.74. The zero-order valence-electron chi connectivity index (χ0n) is 18.6. The predicted octanol–water partition coefficient (Wildman–Crippen LogP) is 5.21. The Morgan fingerprint density at radius 1 is 0.933 bits per heavy atom. The summed E-state index contributed by atoms with van der Waals surface area (Å²) in [6.07, 6.45) is 7.37. The molecule has 0 radical (unpaired) electrons. The van der Waals surface area contributed by atoms with Crippen molar-refractivity contribution in [3.63, 3.8) is 0 Å². The van der Waals surface area contributed by atoms with Gasteiger partial charge in [0.25, 0.3) is 0 Å². The van der Waals surface area contributed by atoms with E-state index in [2.05, 4.69) is 56.4 Å². The van der Waals surface area contributed by atoms with Gasteiger partial charge in [-0.15, -0.1) is 0 Å². The summed E-state index contributed by atoms with van der Waals surface area (Å²) in [5.41, 5.74) is 3.51. The van der Waals surface area contributed by atoms with Crippen molar-refractivity contribution in [1.82, 2.24) is 5.32 Å². The Hall–Kier alpha value is -1.45. The largest absolute Gasteiger partial charge is 0.355 e. The number of hydrogen-bond acceptors (Lipinski definition) is 3. The zero-order valence-corrected chi connectivity index (χ0v) is 18.6. The lowest BCUT2D eigenvalue weighted by Gasteiger charge is -2.51. The highest BCUT2D eigenvalue weighted by Gasteiger charge is 2.59. The number of carbonyl (C=O) groups excluding carboxylic acids is 1. The van der Waals surface area contributed by atoms with E-state index in [0.29, 0.717) is 35.4 Å². The van der Waals surface area contributed by atoms with Gasteiger partial charge in [-0.1, -0.05) is 43.7 Å². The quantitative estimate of drug-likeness (QED) is 0.734. The average molecular weight is 406 g/mol. The number of rotatable bonds is 2. The summed E-state index contributed by atoms with van der Waals surface area (Å²) < 4.78 is 6.77. The molecule has 3 nitrogen and oxygen atoms in total. The van der Waals surface area contributed by atoms with Gasteiger partial charge >= 0.3 is 0 Å². The van der Waals surface area contributed by atoms with Crippen molar-refractivity contribution in [2.45, 2.75) is 77.2 Å². The molecule has 4 fully saturated rings. The maximum atomic E-state index is 13.9. The lowest BCUT2D eigenvalue weighted by atomic mass is 9.70. The number of Topliss-reactive ketones (excluding diaryl/α,β-unsaturated/α-hetero) is 1. The summed E-state index contributed by atoms with van der Waals surface area (Å²) in [7, 11) is 0. The molecule has 1 heterocycles. The molecule has 1 aromatic rings. The molecule has 160 valence electrons. The second-order valence-corrected chi connectivity index (χ2v) is 11.4. The number of fused-ring (bicyclic) bond motifs is 6. The number of benzene rings is 1. The SMILES string of the molecule is C[C@@H]1CC[C@@H]2[C@@H](C1)O[C@@H](C1=C(c3ccccc3)[C@H]3[C@@H]4CC[C@@H](C4)[C@H]3C1=O)NC2(C)C. The van der Waals surface area contributed by atoms with Gasteiger partial charge in [0, 0.05) is 22.9 Å². The third-order valence-corrected chi connectivity index (χ3v) is 9.25. The van der Waals surface area contributed by atoms with Crippen molar-refractivity contribution in [3.05, 3.63) is 41.5 Å². The fraction of sp³-hybridized carbons (Fsp3) is 0.667. The van der Waals surface area contributed by atoms with Crippen LogP contribution >= 0.6 is 0 Å². The first kappa shape index (κ1) is 19.3.